The molecule has 0 N–H and O–H groups in total. The van der Waals surface area contributed by atoms with Crippen LogP contribution in [0.3, 0.4) is 0 Å². The minimum absolute atomic E-state index is 0.214. The Bertz CT molecular complexity index is 690. The van der Waals surface area contributed by atoms with Gasteiger partial charge in [0.2, 0.25) is 0 Å². The molecule has 8 heteroatoms. The predicted molar refractivity (Wildman–Crippen MR) is 83.4 cm³/mol. The van der Waals surface area contributed by atoms with Crippen molar-refractivity contribution in [3.8, 4) is 5.75 Å². The number of carbonyl (C=O) groups is 4. The van der Waals surface area contributed by atoms with E-state index in [2.05, 4.69) is 0 Å². The van der Waals surface area contributed by atoms with Crippen molar-refractivity contribution in [2.24, 2.45) is 0 Å². The maximum Gasteiger partial charge on any atom is 0.339 e. The number of imide groups is 2. The average molecular weight is 334 g/mol. The number of urea groups is 1. The SMILES string of the molecule is COc1ccc(N2C(=O)C(=O)N(CC(=O)OC(C)(C)C)C2=O)cc1. The van der Waals surface area contributed by atoms with Crippen LogP contribution in [0, 0.1) is 0 Å². The molecule has 0 aromatic heterocycles. The van der Waals surface area contributed by atoms with Gasteiger partial charge >= 0.3 is 23.8 Å². The van der Waals surface area contributed by atoms with E-state index in [1.54, 1.807) is 32.9 Å². The molecule has 1 aliphatic heterocycles. The fraction of sp³-hybridized carbons (Fsp3) is 0.375. The highest BCUT2D eigenvalue weighted by Crippen LogP contribution is 2.24. The Morgan fingerprint density at radius 3 is 2.12 bits per heavy atom. The molecule has 1 fully saturated rings. The van der Waals surface area contributed by atoms with Gasteiger partial charge in [0.25, 0.3) is 0 Å². The summed E-state index contributed by atoms with van der Waals surface area (Å²) in [5.41, 5.74) is -0.548. The predicted octanol–water partition coefficient (Wildman–Crippen LogP) is 1.33. The van der Waals surface area contributed by atoms with Crippen molar-refractivity contribution in [1.82, 2.24) is 4.90 Å². The van der Waals surface area contributed by atoms with E-state index in [-0.39, 0.29) is 5.69 Å². The highest BCUT2D eigenvalue weighted by Gasteiger charge is 2.46. The first-order valence-electron chi connectivity index (χ1n) is 7.20. The molecule has 1 aliphatic rings. The molecule has 0 radical (unpaired) electrons. The molecule has 1 heterocycles. The third-order valence-corrected chi connectivity index (χ3v) is 3.09. The number of benzene rings is 1. The first-order chi connectivity index (χ1) is 11.1. The van der Waals surface area contributed by atoms with E-state index < -0.39 is 36.0 Å². The first kappa shape index (κ1) is 17.5. The largest absolute Gasteiger partial charge is 0.497 e. The normalized spacial score (nSPS) is 15.1. The van der Waals surface area contributed by atoms with Gasteiger partial charge in [-0.1, -0.05) is 0 Å². The topological polar surface area (TPSA) is 93.2 Å². The van der Waals surface area contributed by atoms with Gasteiger partial charge in [0.15, 0.2) is 0 Å². The first-order valence-corrected chi connectivity index (χ1v) is 7.20. The van der Waals surface area contributed by atoms with E-state index in [0.717, 1.165) is 0 Å². The number of hydrogen-bond acceptors (Lipinski definition) is 6. The van der Waals surface area contributed by atoms with Gasteiger partial charge in [-0.15, -0.1) is 0 Å². The molecule has 24 heavy (non-hydrogen) atoms. The van der Waals surface area contributed by atoms with Crippen LogP contribution in [0.15, 0.2) is 24.3 Å². The van der Waals surface area contributed by atoms with E-state index in [1.165, 1.54) is 19.2 Å². The van der Waals surface area contributed by atoms with E-state index >= 15 is 0 Å². The maximum atomic E-state index is 12.4. The van der Waals surface area contributed by atoms with Crippen molar-refractivity contribution < 1.29 is 28.7 Å². The summed E-state index contributed by atoms with van der Waals surface area (Å²) in [7, 11) is 1.48. The number of ether oxygens (including phenoxy) is 2. The summed E-state index contributed by atoms with van der Waals surface area (Å²) in [4.78, 5) is 49.5. The highest BCUT2D eigenvalue weighted by atomic mass is 16.6. The van der Waals surface area contributed by atoms with Crippen molar-refractivity contribution in [3.63, 3.8) is 0 Å². The zero-order valence-electron chi connectivity index (χ0n) is 13.9. The monoisotopic (exact) mass is 334 g/mol. The number of esters is 1. The van der Waals surface area contributed by atoms with Crippen LogP contribution in [0.25, 0.3) is 0 Å². The van der Waals surface area contributed by atoms with Crippen LogP contribution in [0.4, 0.5) is 10.5 Å². The molecule has 1 aromatic carbocycles. The van der Waals surface area contributed by atoms with Crippen LogP contribution in [-0.4, -0.2) is 48.0 Å². The summed E-state index contributed by atoms with van der Waals surface area (Å²) in [6, 6.07) is 5.16. The Morgan fingerprint density at radius 1 is 1.04 bits per heavy atom. The minimum atomic E-state index is -1.07. The van der Waals surface area contributed by atoms with E-state index in [1.807, 2.05) is 0 Å². The number of methoxy groups -OCH3 is 1. The second kappa shape index (κ2) is 6.31. The number of rotatable bonds is 4. The van der Waals surface area contributed by atoms with Gasteiger partial charge in [0.1, 0.15) is 17.9 Å². The number of nitrogens with zero attached hydrogens (tertiary/aromatic N) is 2. The average Bonchev–Trinajstić information content (AvgIpc) is 2.69. The number of amides is 4. The molecular formula is C16H18N2O6. The molecular weight excluding hydrogens is 316 g/mol. The standard InChI is InChI=1S/C16H18N2O6/c1-16(2,3)24-12(19)9-17-13(20)14(21)18(15(17)22)10-5-7-11(23-4)8-6-10/h5-8H,9H2,1-4H3. The zero-order valence-corrected chi connectivity index (χ0v) is 13.9. The van der Waals surface area contributed by atoms with Gasteiger partial charge in [-0.05, 0) is 45.0 Å². The minimum Gasteiger partial charge on any atom is -0.497 e. The number of anilines is 1. The number of carbonyl (C=O) groups excluding carboxylic acids is 4. The molecule has 1 aromatic rings. The summed E-state index contributed by atoms with van der Waals surface area (Å²) in [6.45, 7) is 4.36. The lowest BCUT2D eigenvalue weighted by molar-refractivity contribution is -0.157. The van der Waals surface area contributed by atoms with Crippen molar-refractivity contribution in [2.45, 2.75) is 26.4 Å². The summed E-state index contributed by atoms with van der Waals surface area (Å²) in [5, 5.41) is 0. The van der Waals surface area contributed by atoms with Crippen LogP contribution in [0.5, 0.6) is 5.75 Å². The molecule has 0 unspecified atom stereocenters. The van der Waals surface area contributed by atoms with Gasteiger partial charge in [-0.25, -0.2) is 14.6 Å². The van der Waals surface area contributed by atoms with Crippen molar-refractivity contribution in [1.29, 1.82) is 0 Å². The molecule has 4 amide bonds. The summed E-state index contributed by atoms with van der Waals surface area (Å²) >= 11 is 0. The highest BCUT2D eigenvalue weighted by molar-refractivity contribution is 6.53. The van der Waals surface area contributed by atoms with Crippen LogP contribution >= 0.6 is 0 Å². The summed E-state index contributed by atoms with van der Waals surface area (Å²) < 4.78 is 10.1. The zero-order chi connectivity index (χ0) is 18.1. The molecule has 0 saturated carbocycles. The fourth-order valence-electron chi connectivity index (χ4n) is 2.11. The van der Waals surface area contributed by atoms with E-state index in [9.17, 15) is 19.2 Å². The van der Waals surface area contributed by atoms with Crippen LogP contribution < -0.4 is 9.64 Å². The fourth-order valence-corrected chi connectivity index (χ4v) is 2.11. The van der Waals surface area contributed by atoms with Gasteiger partial charge < -0.3 is 9.47 Å². The van der Waals surface area contributed by atoms with Gasteiger partial charge in [0, 0.05) is 0 Å². The molecule has 0 bridgehead atoms. The maximum absolute atomic E-state index is 12.4. The Hall–Kier alpha value is -2.90. The lowest BCUT2D eigenvalue weighted by atomic mass is 10.2. The molecule has 128 valence electrons. The second-order valence-corrected chi connectivity index (χ2v) is 6.10. The Balaban J connectivity index is 2.19. The molecule has 2 rings (SSSR count). The molecule has 8 nitrogen and oxygen atoms in total. The lowest BCUT2D eigenvalue weighted by Gasteiger charge is -2.21. The molecule has 1 saturated heterocycles. The Kier molecular flexibility index (Phi) is 4.59. The second-order valence-electron chi connectivity index (χ2n) is 6.10. The molecule has 0 aliphatic carbocycles. The van der Waals surface area contributed by atoms with Gasteiger partial charge in [0.05, 0.1) is 12.8 Å². The van der Waals surface area contributed by atoms with E-state index in [4.69, 9.17) is 9.47 Å². The summed E-state index contributed by atoms with van der Waals surface area (Å²) in [6.07, 6.45) is 0. The van der Waals surface area contributed by atoms with Crippen molar-refractivity contribution >= 4 is 29.5 Å². The Labute approximate surface area is 138 Å². The van der Waals surface area contributed by atoms with Gasteiger partial charge in [-0.2, -0.15) is 0 Å². The van der Waals surface area contributed by atoms with Crippen molar-refractivity contribution in [2.75, 3.05) is 18.6 Å². The van der Waals surface area contributed by atoms with Crippen LogP contribution in [-0.2, 0) is 19.1 Å². The molecule has 0 atom stereocenters. The number of hydrogen-bond donors (Lipinski definition) is 0. The smallest absolute Gasteiger partial charge is 0.339 e. The van der Waals surface area contributed by atoms with Gasteiger partial charge in [-0.3, -0.25) is 14.4 Å². The quantitative estimate of drug-likeness (QED) is 0.468. The summed E-state index contributed by atoms with van der Waals surface area (Å²) in [5.74, 6) is -2.32. The molecule has 0 spiro atoms. The lowest BCUT2D eigenvalue weighted by Crippen LogP contribution is -2.39. The third-order valence-electron chi connectivity index (χ3n) is 3.09. The Morgan fingerprint density at radius 2 is 1.62 bits per heavy atom. The van der Waals surface area contributed by atoms with Crippen LogP contribution in [0.1, 0.15) is 20.8 Å². The van der Waals surface area contributed by atoms with Crippen molar-refractivity contribution in [3.05, 3.63) is 24.3 Å². The third kappa shape index (κ3) is 3.53. The van der Waals surface area contributed by atoms with E-state index in [0.29, 0.717) is 15.5 Å². The van der Waals surface area contributed by atoms with Crippen LogP contribution in [0.2, 0.25) is 0 Å².